The second kappa shape index (κ2) is 13.1. The summed E-state index contributed by atoms with van der Waals surface area (Å²) >= 11 is 0. The Kier molecular flexibility index (Phi) is 8.65. The zero-order valence-electron chi connectivity index (χ0n) is 22.9. The van der Waals surface area contributed by atoms with Crippen LogP contribution in [0.25, 0.3) is 0 Å². The van der Waals surface area contributed by atoms with Crippen molar-refractivity contribution in [2.45, 2.75) is 0 Å². The molecule has 5 aromatic carbocycles. The summed E-state index contributed by atoms with van der Waals surface area (Å²) in [6.07, 6.45) is 0. The number of benzene rings is 5. The van der Waals surface area contributed by atoms with Gasteiger partial charge in [0.2, 0.25) is 0 Å². The van der Waals surface area contributed by atoms with Crippen LogP contribution in [0.2, 0.25) is 0 Å². The van der Waals surface area contributed by atoms with E-state index in [1.54, 1.807) is 97.1 Å². The summed E-state index contributed by atoms with van der Waals surface area (Å²) in [5, 5.41) is 9.40. The highest BCUT2D eigenvalue weighted by Crippen LogP contribution is 2.20. The van der Waals surface area contributed by atoms with Crippen LogP contribution in [0, 0.1) is 0 Å². The van der Waals surface area contributed by atoms with E-state index in [0.29, 0.717) is 45.0 Å². The van der Waals surface area contributed by atoms with Gasteiger partial charge in [-0.3, -0.25) is 19.2 Å². The largest absolute Gasteiger partial charge is 0.322 e. The van der Waals surface area contributed by atoms with Gasteiger partial charge in [-0.2, -0.15) is 0 Å². The van der Waals surface area contributed by atoms with Gasteiger partial charge in [-0.25, -0.2) is 10.9 Å². The van der Waals surface area contributed by atoms with Gasteiger partial charge in [0.15, 0.2) is 0 Å². The average molecular weight is 570 g/mol. The smallest absolute Gasteiger partial charge is 0.272 e. The van der Waals surface area contributed by atoms with Crippen LogP contribution in [0.1, 0.15) is 41.4 Å². The summed E-state index contributed by atoms with van der Waals surface area (Å²) in [6, 6.07) is 37.1. The van der Waals surface area contributed by atoms with Gasteiger partial charge in [-0.1, -0.05) is 36.4 Å². The van der Waals surface area contributed by atoms with Crippen molar-refractivity contribution in [3.05, 3.63) is 156 Å². The number of hydrogen-bond donors (Lipinski definition) is 4. The maximum atomic E-state index is 13.0. The van der Waals surface area contributed by atoms with Crippen LogP contribution < -0.4 is 26.8 Å². The van der Waals surface area contributed by atoms with Crippen LogP contribution in [0.4, 0.5) is 22.7 Å². The Labute approximate surface area is 247 Å². The number of hydrogen-bond acceptors (Lipinski definition) is 5. The number of carbonyl (C=O) groups is 4. The molecule has 0 aliphatic rings. The molecule has 0 atom stereocenters. The molecule has 43 heavy (non-hydrogen) atoms. The Hall–Kier alpha value is -6.06. The van der Waals surface area contributed by atoms with Crippen LogP contribution >= 0.6 is 0 Å². The number of nitrogens with zero attached hydrogens (tertiary/aromatic N) is 1. The van der Waals surface area contributed by atoms with Crippen LogP contribution in [0.3, 0.4) is 0 Å². The summed E-state index contributed by atoms with van der Waals surface area (Å²) in [7, 11) is 0. The van der Waals surface area contributed by atoms with Crippen molar-refractivity contribution < 1.29 is 19.2 Å². The van der Waals surface area contributed by atoms with E-state index in [1.807, 2.05) is 12.1 Å². The topological polar surface area (TPSA) is 134 Å². The number of amides is 4. The Morgan fingerprint density at radius 2 is 0.744 bits per heavy atom. The van der Waals surface area contributed by atoms with Crippen molar-refractivity contribution >= 4 is 46.4 Å². The van der Waals surface area contributed by atoms with E-state index < -0.39 is 5.91 Å². The first-order valence-corrected chi connectivity index (χ1v) is 13.3. The second-order valence-electron chi connectivity index (χ2n) is 9.47. The lowest BCUT2D eigenvalue weighted by atomic mass is 10.1. The first-order valence-electron chi connectivity index (χ1n) is 13.3. The van der Waals surface area contributed by atoms with Crippen molar-refractivity contribution in [3.63, 3.8) is 0 Å². The summed E-state index contributed by atoms with van der Waals surface area (Å²) < 4.78 is 0. The molecule has 212 valence electrons. The van der Waals surface area contributed by atoms with Gasteiger partial charge >= 0.3 is 0 Å². The van der Waals surface area contributed by atoms with Gasteiger partial charge in [0.25, 0.3) is 23.6 Å². The molecule has 9 nitrogen and oxygen atoms in total. The van der Waals surface area contributed by atoms with Crippen LogP contribution in [0.5, 0.6) is 0 Å². The van der Waals surface area contributed by atoms with E-state index in [4.69, 9.17) is 5.84 Å². The maximum Gasteiger partial charge on any atom is 0.272 e. The minimum Gasteiger partial charge on any atom is -0.322 e. The quantitative estimate of drug-likeness (QED) is 0.104. The Morgan fingerprint density at radius 1 is 0.419 bits per heavy atom. The zero-order chi connectivity index (χ0) is 30.2. The van der Waals surface area contributed by atoms with Crippen molar-refractivity contribution in [1.82, 2.24) is 0 Å². The normalized spacial score (nSPS) is 10.3. The Balaban J connectivity index is 1.15. The minimum atomic E-state index is -0.471. The molecule has 0 spiro atoms. The maximum absolute atomic E-state index is 13.0. The number of anilines is 4. The number of hydrazine groups is 1. The van der Waals surface area contributed by atoms with Gasteiger partial charge < -0.3 is 16.0 Å². The lowest BCUT2D eigenvalue weighted by molar-refractivity contribution is 0.0982. The molecule has 0 saturated carbocycles. The highest BCUT2D eigenvalue weighted by atomic mass is 16.2. The highest BCUT2D eigenvalue weighted by Gasteiger charge is 2.16. The molecule has 0 bridgehead atoms. The highest BCUT2D eigenvalue weighted by molar-refractivity contribution is 6.08. The Morgan fingerprint density at radius 3 is 1.14 bits per heavy atom. The van der Waals surface area contributed by atoms with Crippen LogP contribution in [-0.2, 0) is 0 Å². The fourth-order valence-electron chi connectivity index (χ4n) is 4.15. The summed E-state index contributed by atoms with van der Waals surface area (Å²) in [4.78, 5) is 50.4. The monoisotopic (exact) mass is 569 g/mol. The van der Waals surface area contributed by atoms with Gasteiger partial charge in [-0.05, 0) is 97.1 Å². The third-order valence-electron chi connectivity index (χ3n) is 6.49. The molecule has 5 aromatic rings. The molecule has 0 aromatic heterocycles. The van der Waals surface area contributed by atoms with E-state index in [0.717, 1.165) is 5.01 Å². The number of rotatable bonds is 8. The summed E-state index contributed by atoms with van der Waals surface area (Å²) in [6.45, 7) is 0. The minimum absolute atomic E-state index is 0.229. The Bertz CT molecular complexity index is 1740. The molecule has 0 radical (unpaired) electrons. The molecule has 0 heterocycles. The average Bonchev–Trinajstić information content (AvgIpc) is 3.06. The SMILES string of the molecule is NN(C(=O)c1ccc(C(=O)Nc2ccc(NC(=O)c3ccccc3)cc2)cc1)c1ccc(NC(=O)c2ccccc2)cc1. The lowest BCUT2D eigenvalue weighted by Gasteiger charge is -2.17. The van der Waals surface area contributed by atoms with Crippen molar-refractivity contribution in [2.75, 3.05) is 21.0 Å². The lowest BCUT2D eigenvalue weighted by Crippen LogP contribution is -2.37. The van der Waals surface area contributed by atoms with Crippen LogP contribution in [-0.4, -0.2) is 23.6 Å². The standard InChI is InChI=1S/C34H27N5O4/c35-39(30-21-19-29(20-22-30)38-32(41)24-9-5-2-6-10-24)34(43)26-13-11-25(12-14-26)33(42)37-28-17-15-27(16-18-28)36-31(40)23-7-3-1-4-8-23/h1-22H,35H2,(H,36,40)(H,37,42)(H,38,41). The molecule has 0 aliphatic heterocycles. The molecule has 5 N–H and O–H groups in total. The molecule has 9 heteroatoms. The van der Waals surface area contributed by atoms with Crippen molar-refractivity contribution in [2.24, 2.45) is 5.84 Å². The van der Waals surface area contributed by atoms with Gasteiger partial charge in [-0.15, -0.1) is 0 Å². The predicted molar refractivity (Wildman–Crippen MR) is 167 cm³/mol. The summed E-state index contributed by atoms with van der Waals surface area (Å²) in [5.74, 6) is 4.77. The molecule has 0 saturated heterocycles. The molecule has 4 amide bonds. The van der Waals surface area contributed by atoms with E-state index in [9.17, 15) is 19.2 Å². The summed E-state index contributed by atoms with van der Waals surface area (Å²) in [5.41, 5.74) is 3.82. The van der Waals surface area contributed by atoms with E-state index >= 15 is 0 Å². The first-order chi connectivity index (χ1) is 20.9. The fraction of sp³-hybridized carbons (Fsp3) is 0. The predicted octanol–water partition coefficient (Wildman–Crippen LogP) is 5.96. The van der Waals surface area contributed by atoms with Crippen molar-refractivity contribution in [1.29, 1.82) is 0 Å². The number of nitrogens with two attached hydrogens (primary N) is 1. The van der Waals surface area contributed by atoms with Crippen LogP contribution in [0.15, 0.2) is 133 Å². The fourth-order valence-corrected chi connectivity index (χ4v) is 4.15. The molecule has 0 unspecified atom stereocenters. The molecule has 0 fully saturated rings. The van der Waals surface area contributed by atoms with Gasteiger partial charge in [0.05, 0.1) is 5.69 Å². The molecular formula is C34H27N5O4. The molecule has 0 aliphatic carbocycles. The first kappa shape index (κ1) is 28.5. The second-order valence-corrected chi connectivity index (χ2v) is 9.47. The van der Waals surface area contributed by atoms with E-state index in [1.165, 1.54) is 24.3 Å². The van der Waals surface area contributed by atoms with Gasteiger partial charge in [0.1, 0.15) is 0 Å². The van der Waals surface area contributed by atoms with Gasteiger partial charge in [0, 0.05) is 39.3 Å². The molecular weight excluding hydrogens is 542 g/mol. The number of nitrogens with one attached hydrogen (secondary N) is 3. The third-order valence-corrected chi connectivity index (χ3v) is 6.49. The number of carbonyl (C=O) groups excluding carboxylic acids is 4. The zero-order valence-corrected chi connectivity index (χ0v) is 22.9. The van der Waals surface area contributed by atoms with E-state index in [-0.39, 0.29) is 17.7 Å². The van der Waals surface area contributed by atoms with E-state index in [2.05, 4.69) is 16.0 Å². The molecule has 5 rings (SSSR count). The van der Waals surface area contributed by atoms with Crippen molar-refractivity contribution in [3.8, 4) is 0 Å². The third kappa shape index (κ3) is 7.18.